The SMILES string of the molecule is CNC(CC(C)COC)c1c(OC)cnn1CCN(C)C. The van der Waals surface area contributed by atoms with Gasteiger partial charge in [-0.3, -0.25) is 4.68 Å². The molecule has 0 saturated heterocycles. The molecule has 0 amide bonds. The summed E-state index contributed by atoms with van der Waals surface area (Å²) in [5, 5.41) is 7.86. The zero-order valence-electron chi connectivity index (χ0n) is 14.2. The summed E-state index contributed by atoms with van der Waals surface area (Å²) >= 11 is 0. The van der Waals surface area contributed by atoms with Crippen LogP contribution in [0.3, 0.4) is 0 Å². The topological polar surface area (TPSA) is 51.5 Å². The highest BCUT2D eigenvalue weighted by atomic mass is 16.5. The van der Waals surface area contributed by atoms with E-state index < -0.39 is 0 Å². The predicted molar refractivity (Wildman–Crippen MR) is 84.8 cm³/mol. The third kappa shape index (κ3) is 5.30. The molecule has 0 fully saturated rings. The molecule has 1 N–H and O–H groups in total. The van der Waals surface area contributed by atoms with Crippen molar-refractivity contribution in [3.05, 3.63) is 11.9 Å². The van der Waals surface area contributed by atoms with E-state index in [1.807, 2.05) is 11.7 Å². The summed E-state index contributed by atoms with van der Waals surface area (Å²) in [6.07, 6.45) is 2.78. The van der Waals surface area contributed by atoms with Gasteiger partial charge in [0.1, 0.15) is 0 Å². The van der Waals surface area contributed by atoms with Crippen LogP contribution in [0.4, 0.5) is 0 Å². The van der Waals surface area contributed by atoms with Crippen LogP contribution in [0.25, 0.3) is 0 Å². The number of nitrogens with one attached hydrogen (secondary N) is 1. The fourth-order valence-corrected chi connectivity index (χ4v) is 2.48. The van der Waals surface area contributed by atoms with E-state index in [4.69, 9.17) is 9.47 Å². The summed E-state index contributed by atoms with van der Waals surface area (Å²) < 4.78 is 12.8. The van der Waals surface area contributed by atoms with Crippen LogP contribution >= 0.6 is 0 Å². The molecule has 0 radical (unpaired) electrons. The van der Waals surface area contributed by atoms with Crippen LogP contribution in [0.1, 0.15) is 25.1 Å². The summed E-state index contributed by atoms with van der Waals surface area (Å²) in [4.78, 5) is 2.15. The van der Waals surface area contributed by atoms with Crippen LogP contribution in [0, 0.1) is 5.92 Å². The maximum atomic E-state index is 5.49. The lowest BCUT2D eigenvalue weighted by molar-refractivity contribution is 0.149. The van der Waals surface area contributed by atoms with Gasteiger partial charge in [-0.2, -0.15) is 5.10 Å². The van der Waals surface area contributed by atoms with Crippen LogP contribution in [-0.2, 0) is 11.3 Å². The molecule has 0 saturated carbocycles. The Morgan fingerprint density at radius 3 is 2.62 bits per heavy atom. The normalized spacial score (nSPS) is 14.4. The maximum absolute atomic E-state index is 5.49. The molecule has 0 spiro atoms. The molecule has 1 heterocycles. The molecule has 1 rings (SSSR count). The molecule has 1 aromatic heterocycles. The van der Waals surface area contributed by atoms with Gasteiger partial charge in [0, 0.05) is 20.3 Å². The molecule has 0 aromatic carbocycles. The number of hydrogen-bond donors (Lipinski definition) is 1. The van der Waals surface area contributed by atoms with E-state index in [0.717, 1.165) is 37.6 Å². The molecular weight excluding hydrogens is 268 g/mol. The van der Waals surface area contributed by atoms with Gasteiger partial charge in [-0.1, -0.05) is 6.92 Å². The minimum absolute atomic E-state index is 0.203. The van der Waals surface area contributed by atoms with Crippen LogP contribution in [0.5, 0.6) is 5.75 Å². The molecule has 21 heavy (non-hydrogen) atoms. The Labute approximate surface area is 128 Å². The Morgan fingerprint density at radius 2 is 2.10 bits per heavy atom. The zero-order valence-corrected chi connectivity index (χ0v) is 14.2. The van der Waals surface area contributed by atoms with Crippen LogP contribution < -0.4 is 10.1 Å². The molecular formula is C15H30N4O2. The Bertz CT molecular complexity index is 406. The minimum atomic E-state index is 0.203. The Kier molecular flexibility index (Phi) is 7.71. The summed E-state index contributed by atoms with van der Waals surface area (Å²) in [5.41, 5.74) is 1.12. The molecule has 2 atom stereocenters. The number of hydrogen-bond acceptors (Lipinski definition) is 5. The Balaban J connectivity index is 2.91. The lowest BCUT2D eigenvalue weighted by Gasteiger charge is -2.23. The number of ether oxygens (including phenoxy) is 2. The highest BCUT2D eigenvalue weighted by Gasteiger charge is 2.22. The second-order valence-electron chi connectivity index (χ2n) is 5.76. The van der Waals surface area contributed by atoms with Gasteiger partial charge >= 0.3 is 0 Å². The van der Waals surface area contributed by atoms with E-state index in [2.05, 4.69) is 36.3 Å². The maximum Gasteiger partial charge on any atom is 0.161 e. The average molecular weight is 298 g/mol. The minimum Gasteiger partial charge on any atom is -0.493 e. The van der Waals surface area contributed by atoms with Gasteiger partial charge in [-0.15, -0.1) is 0 Å². The number of rotatable bonds is 10. The average Bonchev–Trinajstić information content (AvgIpc) is 2.85. The first-order valence-electron chi connectivity index (χ1n) is 7.44. The first-order valence-corrected chi connectivity index (χ1v) is 7.44. The standard InChI is InChI=1S/C15H30N4O2/c1-12(11-20-5)9-13(16-2)15-14(21-6)10-17-19(15)8-7-18(3)4/h10,12-13,16H,7-9,11H2,1-6H3. The number of nitrogens with zero attached hydrogens (tertiary/aromatic N) is 3. The van der Waals surface area contributed by atoms with E-state index in [1.165, 1.54) is 0 Å². The van der Waals surface area contributed by atoms with Gasteiger partial charge in [0.15, 0.2) is 5.75 Å². The molecule has 0 aliphatic carbocycles. The monoisotopic (exact) mass is 298 g/mol. The van der Waals surface area contributed by atoms with Crippen LogP contribution in [-0.4, -0.2) is 63.2 Å². The van der Waals surface area contributed by atoms with Gasteiger partial charge in [0.2, 0.25) is 0 Å². The number of aromatic nitrogens is 2. The zero-order chi connectivity index (χ0) is 15.8. The van der Waals surface area contributed by atoms with Crippen molar-refractivity contribution in [2.45, 2.75) is 25.9 Å². The lowest BCUT2D eigenvalue weighted by atomic mass is 9.99. The number of likely N-dealkylation sites (N-methyl/N-ethyl adjacent to an activating group) is 1. The third-order valence-corrected chi connectivity index (χ3v) is 3.59. The second-order valence-corrected chi connectivity index (χ2v) is 5.76. The van der Waals surface area contributed by atoms with Crippen molar-refractivity contribution in [1.29, 1.82) is 0 Å². The van der Waals surface area contributed by atoms with Crippen molar-refractivity contribution in [3.63, 3.8) is 0 Å². The van der Waals surface area contributed by atoms with Crippen molar-refractivity contribution in [2.24, 2.45) is 5.92 Å². The van der Waals surface area contributed by atoms with E-state index in [1.54, 1.807) is 20.4 Å². The molecule has 1 aromatic rings. The van der Waals surface area contributed by atoms with Gasteiger partial charge in [-0.25, -0.2) is 0 Å². The molecule has 122 valence electrons. The van der Waals surface area contributed by atoms with Gasteiger partial charge in [-0.05, 0) is 33.5 Å². The third-order valence-electron chi connectivity index (χ3n) is 3.59. The highest BCUT2D eigenvalue weighted by Crippen LogP contribution is 2.29. The van der Waals surface area contributed by atoms with Gasteiger partial charge in [0.05, 0.1) is 31.6 Å². The lowest BCUT2D eigenvalue weighted by Crippen LogP contribution is -2.26. The first kappa shape index (κ1) is 17.9. The predicted octanol–water partition coefficient (Wildman–Crippen LogP) is 1.39. The van der Waals surface area contributed by atoms with Crippen LogP contribution in [0.2, 0.25) is 0 Å². The van der Waals surface area contributed by atoms with E-state index >= 15 is 0 Å². The van der Waals surface area contributed by atoms with Crippen molar-refractivity contribution >= 4 is 0 Å². The van der Waals surface area contributed by atoms with Crippen molar-refractivity contribution in [2.75, 3.05) is 48.5 Å². The summed E-state index contributed by atoms with van der Waals surface area (Å²) in [6, 6.07) is 0.203. The summed E-state index contributed by atoms with van der Waals surface area (Å²) in [7, 11) is 9.55. The van der Waals surface area contributed by atoms with Crippen molar-refractivity contribution in [1.82, 2.24) is 20.0 Å². The van der Waals surface area contributed by atoms with Gasteiger partial charge in [0.25, 0.3) is 0 Å². The number of methoxy groups -OCH3 is 2. The molecule has 2 unspecified atom stereocenters. The van der Waals surface area contributed by atoms with Crippen molar-refractivity contribution in [3.8, 4) is 5.75 Å². The fraction of sp³-hybridized carbons (Fsp3) is 0.800. The summed E-state index contributed by atoms with van der Waals surface area (Å²) in [5.74, 6) is 1.31. The molecule has 0 aliphatic heterocycles. The fourth-order valence-electron chi connectivity index (χ4n) is 2.48. The van der Waals surface area contributed by atoms with Crippen molar-refractivity contribution < 1.29 is 9.47 Å². The van der Waals surface area contributed by atoms with E-state index in [0.29, 0.717) is 5.92 Å². The molecule has 0 aliphatic rings. The summed E-state index contributed by atoms with van der Waals surface area (Å²) in [6.45, 7) is 4.75. The highest BCUT2D eigenvalue weighted by molar-refractivity contribution is 5.28. The van der Waals surface area contributed by atoms with E-state index in [-0.39, 0.29) is 6.04 Å². The quantitative estimate of drug-likeness (QED) is 0.707. The first-order chi connectivity index (χ1) is 10.0. The van der Waals surface area contributed by atoms with Crippen LogP contribution in [0.15, 0.2) is 6.20 Å². The second kappa shape index (κ2) is 9.02. The smallest absolute Gasteiger partial charge is 0.161 e. The molecule has 6 heteroatoms. The van der Waals surface area contributed by atoms with Gasteiger partial charge < -0.3 is 19.7 Å². The molecule has 0 bridgehead atoms. The Morgan fingerprint density at radius 1 is 1.38 bits per heavy atom. The molecule has 6 nitrogen and oxygen atoms in total. The largest absolute Gasteiger partial charge is 0.493 e. The Hall–Kier alpha value is -1.11. The van der Waals surface area contributed by atoms with E-state index in [9.17, 15) is 0 Å².